The number of aliphatic hydroxyl groups excluding tert-OH is 1. The number of nitrogens with zero attached hydrogens (tertiary/aromatic N) is 5. The minimum absolute atomic E-state index is 0.195. The predicted molar refractivity (Wildman–Crippen MR) is 138 cm³/mol. The molecule has 3 N–H and O–H groups in total. The van der Waals surface area contributed by atoms with Gasteiger partial charge in [-0.15, -0.1) is 5.10 Å². The van der Waals surface area contributed by atoms with Gasteiger partial charge in [-0.3, -0.25) is 19.9 Å². The Hall–Kier alpha value is -3.61. The number of ether oxygens (including phenoxy) is 1. The number of fused-ring (bicyclic) bond motifs is 1. The van der Waals surface area contributed by atoms with Gasteiger partial charge < -0.3 is 15.2 Å². The van der Waals surface area contributed by atoms with E-state index in [0.717, 1.165) is 30.6 Å². The lowest BCUT2D eigenvalue weighted by atomic mass is 9.92. The highest BCUT2D eigenvalue weighted by molar-refractivity contribution is 7.20. The second-order valence-electron chi connectivity index (χ2n) is 8.72. The van der Waals surface area contributed by atoms with E-state index in [0.29, 0.717) is 44.6 Å². The molecule has 0 saturated heterocycles. The maximum absolute atomic E-state index is 13.2. The maximum Gasteiger partial charge on any atom is 0.271 e. The number of methoxy groups -OCH3 is 1. The molecule has 5 rings (SSSR count). The van der Waals surface area contributed by atoms with Crippen molar-refractivity contribution in [3.63, 3.8) is 0 Å². The van der Waals surface area contributed by atoms with E-state index in [9.17, 15) is 14.7 Å². The third-order valence-electron chi connectivity index (χ3n) is 6.17. The summed E-state index contributed by atoms with van der Waals surface area (Å²) >= 11 is 7.24. The number of hydrogen-bond donors (Lipinski definition) is 3. The second kappa shape index (κ2) is 10.4. The van der Waals surface area contributed by atoms with Crippen molar-refractivity contribution in [2.45, 2.75) is 44.8 Å². The average Bonchev–Trinajstić information content (AvgIpc) is 3.44. The normalized spacial score (nSPS) is 17.5. The Kier molecular flexibility index (Phi) is 7.04. The van der Waals surface area contributed by atoms with Crippen molar-refractivity contribution in [2.75, 3.05) is 12.4 Å². The fourth-order valence-corrected chi connectivity index (χ4v) is 5.23. The van der Waals surface area contributed by atoms with Crippen LogP contribution in [-0.4, -0.2) is 60.7 Å². The molecule has 4 heterocycles. The third kappa shape index (κ3) is 5.26. The van der Waals surface area contributed by atoms with Gasteiger partial charge >= 0.3 is 0 Å². The number of rotatable bonds is 6. The van der Waals surface area contributed by atoms with Crippen molar-refractivity contribution in [3.8, 4) is 16.9 Å². The largest absolute Gasteiger partial charge is 0.494 e. The van der Waals surface area contributed by atoms with Gasteiger partial charge in [0.1, 0.15) is 16.6 Å². The Bertz CT molecular complexity index is 1460. The average molecular weight is 542 g/mol. The van der Waals surface area contributed by atoms with Crippen LogP contribution in [0.4, 0.5) is 5.13 Å². The summed E-state index contributed by atoms with van der Waals surface area (Å²) in [6.45, 7) is 1.82. The highest BCUT2D eigenvalue weighted by atomic mass is 35.5. The zero-order valence-corrected chi connectivity index (χ0v) is 21.6. The van der Waals surface area contributed by atoms with Gasteiger partial charge in [-0.2, -0.15) is 0 Å². The van der Waals surface area contributed by atoms with Crippen molar-refractivity contribution in [3.05, 3.63) is 52.8 Å². The minimum atomic E-state index is -0.550. The molecule has 0 aromatic carbocycles. The van der Waals surface area contributed by atoms with Gasteiger partial charge in [0.05, 0.1) is 37.2 Å². The number of anilines is 1. The fourth-order valence-electron chi connectivity index (χ4n) is 4.30. The number of carbonyl (C=O) groups excluding carboxylic acids is 2. The Morgan fingerprint density at radius 1 is 1.16 bits per heavy atom. The first-order chi connectivity index (χ1) is 17.8. The van der Waals surface area contributed by atoms with Gasteiger partial charge in [-0.25, -0.2) is 14.5 Å². The van der Waals surface area contributed by atoms with E-state index in [-0.39, 0.29) is 22.8 Å². The fraction of sp³-hybridized carbons (Fsp3) is 0.333. The number of aryl methyl sites for hydroxylation is 1. The predicted octanol–water partition coefficient (Wildman–Crippen LogP) is 3.50. The van der Waals surface area contributed by atoms with E-state index >= 15 is 0 Å². The standard InChI is InChI=1S/C24H24ClN7O4S/c1-12-7-13(14-8-20(25)27-10-19(14)36-2)15(9-26-12)21(34)30-23-31-32-11-17(29-24(32)37-23)22(35)28-16-5-3-4-6-18(16)33/h7-11,16,18,33H,3-6H2,1-2H3,(H,28,35)(H,30,31,34)/t16-,18-/m0/s1. The molecule has 2 amide bonds. The summed E-state index contributed by atoms with van der Waals surface area (Å²) in [7, 11) is 1.51. The van der Waals surface area contributed by atoms with Crippen molar-refractivity contribution in [2.24, 2.45) is 0 Å². The summed E-state index contributed by atoms with van der Waals surface area (Å²) in [5, 5.41) is 20.7. The molecule has 192 valence electrons. The molecule has 4 aromatic rings. The molecule has 0 aliphatic heterocycles. The minimum Gasteiger partial charge on any atom is -0.494 e. The molecule has 0 spiro atoms. The van der Waals surface area contributed by atoms with Crippen LogP contribution in [0.2, 0.25) is 5.15 Å². The molecular weight excluding hydrogens is 518 g/mol. The van der Waals surface area contributed by atoms with Gasteiger partial charge in [0.15, 0.2) is 0 Å². The summed E-state index contributed by atoms with van der Waals surface area (Å²) in [5.41, 5.74) is 2.38. The summed E-state index contributed by atoms with van der Waals surface area (Å²) in [5.74, 6) is -0.336. The van der Waals surface area contributed by atoms with Gasteiger partial charge in [0.2, 0.25) is 10.1 Å². The number of halogens is 1. The Morgan fingerprint density at radius 2 is 1.97 bits per heavy atom. The molecule has 4 aromatic heterocycles. The molecule has 0 unspecified atom stereocenters. The second-order valence-corrected chi connectivity index (χ2v) is 10.1. The van der Waals surface area contributed by atoms with Crippen molar-refractivity contribution in [1.82, 2.24) is 29.9 Å². The van der Waals surface area contributed by atoms with Crippen molar-refractivity contribution in [1.29, 1.82) is 0 Å². The van der Waals surface area contributed by atoms with E-state index in [1.54, 1.807) is 12.1 Å². The number of pyridine rings is 2. The van der Waals surface area contributed by atoms with Gasteiger partial charge in [0, 0.05) is 23.0 Å². The van der Waals surface area contributed by atoms with Gasteiger partial charge in [0.25, 0.3) is 11.8 Å². The lowest BCUT2D eigenvalue weighted by molar-refractivity contribution is 0.0714. The highest BCUT2D eigenvalue weighted by Gasteiger charge is 2.26. The number of hydrogen-bond acceptors (Lipinski definition) is 9. The molecular formula is C24H24ClN7O4S. The monoisotopic (exact) mass is 541 g/mol. The summed E-state index contributed by atoms with van der Waals surface area (Å²) in [6.07, 6.45) is 7.24. The van der Waals surface area contributed by atoms with Crippen LogP contribution in [-0.2, 0) is 0 Å². The van der Waals surface area contributed by atoms with Gasteiger partial charge in [-0.05, 0) is 31.9 Å². The van der Waals surface area contributed by atoms with Crippen LogP contribution in [0.3, 0.4) is 0 Å². The molecule has 1 fully saturated rings. The maximum atomic E-state index is 13.2. The van der Waals surface area contributed by atoms with Crippen LogP contribution < -0.4 is 15.4 Å². The molecule has 1 aliphatic rings. The Morgan fingerprint density at radius 3 is 2.73 bits per heavy atom. The molecule has 37 heavy (non-hydrogen) atoms. The van der Waals surface area contributed by atoms with Crippen LogP contribution in [0.5, 0.6) is 5.75 Å². The van der Waals surface area contributed by atoms with E-state index in [1.165, 1.54) is 30.2 Å². The van der Waals surface area contributed by atoms with Crippen molar-refractivity contribution < 1.29 is 19.4 Å². The molecule has 2 atom stereocenters. The number of aromatic nitrogens is 5. The third-order valence-corrected chi connectivity index (χ3v) is 7.22. The number of aliphatic hydroxyl groups is 1. The van der Waals surface area contributed by atoms with Crippen LogP contribution in [0.15, 0.2) is 30.7 Å². The SMILES string of the molecule is COc1cnc(Cl)cc1-c1cc(C)ncc1C(=O)Nc1nn2cc(C(=O)N[C@H]3CCCC[C@@H]3O)nc2s1. The first kappa shape index (κ1) is 25.1. The lowest BCUT2D eigenvalue weighted by Gasteiger charge is -2.27. The Balaban J connectivity index is 1.36. The smallest absolute Gasteiger partial charge is 0.271 e. The topological polar surface area (TPSA) is 144 Å². The number of imidazole rings is 1. The molecule has 0 radical (unpaired) electrons. The van der Waals surface area contributed by atoms with Crippen LogP contribution in [0.1, 0.15) is 52.2 Å². The van der Waals surface area contributed by atoms with Crippen LogP contribution in [0, 0.1) is 6.92 Å². The van der Waals surface area contributed by atoms with Crippen LogP contribution in [0.25, 0.3) is 16.1 Å². The quantitative estimate of drug-likeness (QED) is 0.315. The molecule has 1 aliphatic carbocycles. The zero-order chi connectivity index (χ0) is 26.1. The number of amides is 2. The van der Waals surface area contributed by atoms with Gasteiger partial charge in [-0.1, -0.05) is 35.8 Å². The summed E-state index contributed by atoms with van der Waals surface area (Å²) in [4.78, 5) is 39.0. The molecule has 13 heteroatoms. The lowest BCUT2D eigenvalue weighted by Crippen LogP contribution is -2.45. The summed E-state index contributed by atoms with van der Waals surface area (Å²) in [6, 6.07) is 3.11. The Labute approximate surface area is 220 Å². The van der Waals surface area contributed by atoms with Crippen molar-refractivity contribution >= 4 is 44.8 Å². The van der Waals surface area contributed by atoms with Crippen LogP contribution >= 0.6 is 22.9 Å². The highest BCUT2D eigenvalue weighted by Crippen LogP contribution is 2.34. The van der Waals surface area contributed by atoms with E-state index in [1.807, 2.05) is 6.92 Å². The van der Waals surface area contributed by atoms with E-state index in [4.69, 9.17) is 16.3 Å². The zero-order valence-electron chi connectivity index (χ0n) is 20.1. The van der Waals surface area contributed by atoms with E-state index < -0.39 is 12.0 Å². The molecule has 0 bridgehead atoms. The first-order valence-corrected chi connectivity index (χ1v) is 12.8. The number of carbonyl (C=O) groups is 2. The molecule has 1 saturated carbocycles. The van der Waals surface area contributed by atoms with E-state index in [2.05, 4.69) is 30.7 Å². The molecule has 11 nitrogen and oxygen atoms in total. The first-order valence-electron chi connectivity index (χ1n) is 11.7. The summed E-state index contributed by atoms with van der Waals surface area (Å²) < 4.78 is 6.86. The number of nitrogens with one attached hydrogen (secondary N) is 2.